The third-order valence-corrected chi connectivity index (χ3v) is 0.891. The maximum absolute atomic E-state index is 10.1. The number of carbonyl (C=O) groups is 2. The molecule has 0 saturated carbocycles. The van der Waals surface area contributed by atoms with Crippen molar-refractivity contribution < 1.29 is 9.59 Å². The van der Waals surface area contributed by atoms with E-state index < -0.39 is 5.24 Å². The second kappa shape index (κ2) is 22.7. The van der Waals surface area contributed by atoms with Crippen molar-refractivity contribution in [1.29, 1.82) is 0 Å². The molecule has 0 radical (unpaired) electrons. The minimum atomic E-state index is -0.509. The Morgan fingerprint density at radius 2 is 1.50 bits per heavy atom. The van der Waals surface area contributed by atoms with E-state index >= 15 is 0 Å². The summed E-state index contributed by atoms with van der Waals surface area (Å²) in [5, 5.41) is -0.509. The highest BCUT2D eigenvalue weighted by Gasteiger charge is 1.81. The number of rotatable bonds is 3. The Morgan fingerprint density at radius 1 is 1.21 bits per heavy atom. The second-order valence-electron chi connectivity index (χ2n) is 1.53. The molecule has 0 saturated heterocycles. The molecule has 0 N–H and O–H groups in total. The molecule has 0 aromatic heterocycles. The summed E-state index contributed by atoms with van der Waals surface area (Å²) in [6, 6.07) is 0. The van der Waals surface area contributed by atoms with Crippen LogP contribution in [0.4, 0.5) is 0 Å². The molecular formula is C11H21ClO2. The lowest BCUT2D eigenvalue weighted by molar-refractivity contribution is -0.114. The number of ketones is 1. The molecule has 0 bridgehead atoms. The quantitative estimate of drug-likeness (QED) is 0.536. The van der Waals surface area contributed by atoms with E-state index in [0.29, 0.717) is 6.42 Å². The van der Waals surface area contributed by atoms with E-state index in [2.05, 4.69) is 13.2 Å². The lowest BCUT2D eigenvalue weighted by Crippen LogP contribution is -1.83. The van der Waals surface area contributed by atoms with Gasteiger partial charge in [0.15, 0.2) is 5.78 Å². The van der Waals surface area contributed by atoms with Crippen molar-refractivity contribution in [3.8, 4) is 0 Å². The summed E-state index contributed by atoms with van der Waals surface area (Å²) < 4.78 is 0. The minimum Gasteiger partial charge on any atom is -0.295 e. The summed E-state index contributed by atoms with van der Waals surface area (Å²) in [5.41, 5.74) is 0. The van der Waals surface area contributed by atoms with Crippen LogP contribution in [0, 0.1) is 0 Å². The summed E-state index contributed by atoms with van der Waals surface area (Å²) in [6.07, 6.45) is 2.95. The maximum atomic E-state index is 10.1. The molecule has 0 spiro atoms. The van der Waals surface area contributed by atoms with Gasteiger partial charge in [0.25, 0.3) is 0 Å². The molecule has 0 unspecified atom stereocenters. The fourth-order valence-corrected chi connectivity index (χ4v) is 0.144. The number of allylic oxidation sites excluding steroid dienone is 2. The SMILES string of the molecule is C.C=CC(=O)CC.C=CC(=O)Cl.CC. The monoisotopic (exact) mass is 220 g/mol. The van der Waals surface area contributed by atoms with E-state index in [-0.39, 0.29) is 13.2 Å². The van der Waals surface area contributed by atoms with Crippen LogP contribution in [0.15, 0.2) is 25.3 Å². The van der Waals surface area contributed by atoms with Crippen LogP contribution in [0.3, 0.4) is 0 Å². The zero-order valence-corrected chi connectivity index (χ0v) is 9.23. The van der Waals surface area contributed by atoms with Crippen molar-refractivity contribution >= 4 is 22.6 Å². The largest absolute Gasteiger partial charge is 0.295 e. The molecule has 14 heavy (non-hydrogen) atoms. The molecule has 0 aromatic carbocycles. The Balaban J connectivity index is -0.0000000576. The summed E-state index contributed by atoms with van der Waals surface area (Å²) in [5.74, 6) is 0.106. The predicted molar refractivity (Wildman–Crippen MR) is 64.6 cm³/mol. The van der Waals surface area contributed by atoms with Crippen LogP contribution in [0.25, 0.3) is 0 Å². The Hall–Kier alpha value is -0.890. The van der Waals surface area contributed by atoms with E-state index in [1.54, 1.807) is 0 Å². The van der Waals surface area contributed by atoms with Crippen molar-refractivity contribution in [2.24, 2.45) is 0 Å². The van der Waals surface area contributed by atoms with E-state index in [0.717, 1.165) is 6.08 Å². The maximum Gasteiger partial charge on any atom is 0.244 e. The Morgan fingerprint density at radius 3 is 1.50 bits per heavy atom. The van der Waals surface area contributed by atoms with E-state index in [1.165, 1.54) is 6.08 Å². The summed E-state index contributed by atoms with van der Waals surface area (Å²) in [4.78, 5) is 19.5. The van der Waals surface area contributed by atoms with E-state index in [9.17, 15) is 9.59 Å². The Bertz CT molecular complexity index is 163. The van der Waals surface area contributed by atoms with Gasteiger partial charge in [-0.2, -0.15) is 0 Å². The van der Waals surface area contributed by atoms with E-state index in [4.69, 9.17) is 11.6 Å². The number of hydrogen-bond acceptors (Lipinski definition) is 2. The average molecular weight is 221 g/mol. The van der Waals surface area contributed by atoms with Gasteiger partial charge in [-0.1, -0.05) is 41.4 Å². The molecule has 0 aromatic rings. The molecule has 0 aliphatic rings. The highest BCUT2D eigenvalue weighted by Crippen LogP contribution is 1.76. The lowest BCUT2D eigenvalue weighted by atomic mass is 10.3. The van der Waals surface area contributed by atoms with Gasteiger partial charge < -0.3 is 0 Å². The smallest absolute Gasteiger partial charge is 0.244 e. The van der Waals surface area contributed by atoms with E-state index in [1.807, 2.05) is 20.8 Å². The molecule has 0 heterocycles. The van der Waals surface area contributed by atoms with Gasteiger partial charge in [-0.05, 0) is 23.8 Å². The molecule has 2 nitrogen and oxygen atoms in total. The van der Waals surface area contributed by atoms with Gasteiger partial charge in [-0.25, -0.2) is 0 Å². The standard InChI is InChI=1S/C5H8O.C3H3ClO.C2H6.CH4/c1-3-5(6)4-2;1-2-3(4)5;1-2;/h3H,1,4H2,2H3;2H,1H2;1-2H3;1H4. The zero-order chi connectivity index (χ0) is 11.3. The predicted octanol–water partition coefficient (Wildman–Crippen LogP) is 3.75. The second-order valence-corrected chi connectivity index (χ2v) is 1.90. The average Bonchev–Trinajstić information content (AvgIpc) is 2.20. The first kappa shape index (κ1) is 23.2. The van der Waals surface area contributed by atoms with Gasteiger partial charge in [0.05, 0.1) is 0 Å². The Kier molecular flexibility index (Phi) is 37.6. The van der Waals surface area contributed by atoms with Gasteiger partial charge in [0, 0.05) is 6.42 Å². The molecule has 0 aliphatic heterocycles. The molecule has 0 atom stereocenters. The molecule has 3 heteroatoms. The first-order valence-electron chi connectivity index (χ1n) is 4.05. The fraction of sp³-hybridized carbons (Fsp3) is 0.455. The van der Waals surface area contributed by atoms with Crippen molar-refractivity contribution in [2.45, 2.75) is 34.6 Å². The van der Waals surface area contributed by atoms with Crippen molar-refractivity contribution in [2.75, 3.05) is 0 Å². The molecule has 0 fully saturated rings. The van der Waals surface area contributed by atoms with Crippen LogP contribution in [-0.2, 0) is 9.59 Å². The lowest BCUT2D eigenvalue weighted by Gasteiger charge is -1.75. The van der Waals surface area contributed by atoms with Gasteiger partial charge >= 0.3 is 0 Å². The van der Waals surface area contributed by atoms with Gasteiger partial charge in [0.1, 0.15) is 0 Å². The van der Waals surface area contributed by atoms with Crippen LogP contribution < -0.4 is 0 Å². The van der Waals surface area contributed by atoms with Crippen LogP contribution in [0.1, 0.15) is 34.6 Å². The molecule has 0 aliphatic carbocycles. The summed E-state index contributed by atoms with van der Waals surface area (Å²) >= 11 is 4.71. The normalized spacial score (nSPS) is 6.00. The highest BCUT2D eigenvalue weighted by molar-refractivity contribution is 6.66. The van der Waals surface area contributed by atoms with Crippen LogP contribution in [0.2, 0.25) is 0 Å². The molecule has 0 amide bonds. The van der Waals surface area contributed by atoms with Crippen LogP contribution in [-0.4, -0.2) is 11.0 Å². The first-order valence-corrected chi connectivity index (χ1v) is 4.43. The number of halogens is 1. The summed E-state index contributed by atoms with van der Waals surface area (Å²) in [6.45, 7) is 12.2. The Labute approximate surface area is 92.7 Å². The van der Waals surface area contributed by atoms with Crippen molar-refractivity contribution in [3.05, 3.63) is 25.3 Å². The molecule has 0 rings (SSSR count). The first-order chi connectivity index (χ1) is 6.08. The number of carbonyl (C=O) groups excluding carboxylic acids is 2. The highest BCUT2D eigenvalue weighted by atomic mass is 35.5. The number of hydrogen-bond donors (Lipinski definition) is 0. The van der Waals surface area contributed by atoms with Crippen molar-refractivity contribution in [1.82, 2.24) is 0 Å². The molecular weight excluding hydrogens is 200 g/mol. The van der Waals surface area contributed by atoms with Gasteiger partial charge in [-0.3, -0.25) is 9.59 Å². The van der Waals surface area contributed by atoms with Crippen LogP contribution >= 0.6 is 11.6 Å². The third-order valence-electron chi connectivity index (χ3n) is 0.737. The zero-order valence-electron chi connectivity index (χ0n) is 8.47. The summed E-state index contributed by atoms with van der Waals surface area (Å²) in [7, 11) is 0. The molecule has 84 valence electrons. The van der Waals surface area contributed by atoms with Gasteiger partial charge in [0.2, 0.25) is 5.24 Å². The third kappa shape index (κ3) is 43.5. The van der Waals surface area contributed by atoms with Gasteiger partial charge in [-0.15, -0.1) is 0 Å². The van der Waals surface area contributed by atoms with Crippen LogP contribution in [0.5, 0.6) is 0 Å². The fourth-order valence-electron chi connectivity index (χ4n) is 0.144. The van der Waals surface area contributed by atoms with Crippen molar-refractivity contribution in [3.63, 3.8) is 0 Å². The topological polar surface area (TPSA) is 34.1 Å². The minimum absolute atomic E-state index is 0.